The molecule has 1 fully saturated rings. The SMILES string of the molecule is O=C(C[C@@H]1SC(=Nc2ccccc2)N(CCCc2ccccc2)C1=O)Nc1ccccc1[N+](=O)[O-]. The maximum absolute atomic E-state index is 13.2. The number of nitro benzene ring substituents is 1. The lowest BCUT2D eigenvalue weighted by Crippen LogP contribution is -2.34. The van der Waals surface area contributed by atoms with Crippen LogP contribution in [0.3, 0.4) is 0 Å². The fourth-order valence-electron chi connectivity index (χ4n) is 3.74. The van der Waals surface area contributed by atoms with Crippen molar-refractivity contribution < 1.29 is 14.5 Å². The molecule has 0 bridgehead atoms. The fourth-order valence-corrected chi connectivity index (χ4v) is 4.92. The summed E-state index contributed by atoms with van der Waals surface area (Å²) in [6.07, 6.45) is 1.45. The molecule has 4 rings (SSSR count). The number of amides is 2. The molecule has 0 saturated carbocycles. The van der Waals surface area contributed by atoms with Crippen LogP contribution < -0.4 is 5.32 Å². The number of hydrogen-bond donors (Lipinski definition) is 1. The van der Waals surface area contributed by atoms with Crippen LogP contribution >= 0.6 is 11.8 Å². The molecule has 0 aliphatic carbocycles. The lowest BCUT2D eigenvalue weighted by molar-refractivity contribution is -0.383. The number of anilines is 1. The Labute approximate surface area is 207 Å². The molecule has 0 aromatic heterocycles. The topological polar surface area (TPSA) is 105 Å². The number of nitrogens with zero attached hydrogens (tertiary/aromatic N) is 3. The number of thioether (sulfide) groups is 1. The number of aryl methyl sites for hydroxylation is 1. The van der Waals surface area contributed by atoms with Gasteiger partial charge in [-0.3, -0.25) is 24.6 Å². The molecule has 35 heavy (non-hydrogen) atoms. The van der Waals surface area contributed by atoms with Gasteiger partial charge in [0.05, 0.1) is 10.6 Å². The molecule has 0 radical (unpaired) electrons. The number of aliphatic imine (C=N–C) groups is 1. The van der Waals surface area contributed by atoms with Crippen LogP contribution in [0.5, 0.6) is 0 Å². The van der Waals surface area contributed by atoms with Gasteiger partial charge in [0.15, 0.2) is 5.17 Å². The van der Waals surface area contributed by atoms with Gasteiger partial charge in [0.1, 0.15) is 10.9 Å². The molecule has 1 aliphatic heterocycles. The van der Waals surface area contributed by atoms with Crippen molar-refractivity contribution in [3.63, 3.8) is 0 Å². The predicted molar refractivity (Wildman–Crippen MR) is 138 cm³/mol. The first-order valence-corrected chi connectivity index (χ1v) is 12.1. The summed E-state index contributed by atoms with van der Waals surface area (Å²) in [6.45, 7) is 0.481. The first kappa shape index (κ1) is 24.2. The van der Waals surface area contributed by atoms with Crippen molar-refractivity contribution in [1.82, 2.24) is 4.90 Å². The number of rotatable bonds is 9. The van der Waals surface area contributed by atoms with E-state index in [1.54, 1.807) is 11.0 Å². The van der Waals surface area contributed by atoms with Crippen molar-refractivity contribution >= 4 is 45.8 Å². The Balaban J connectivity index is 1.47. The number of nitro groups is 1. The number of benzene rings is 3. The summed E-state index contributed by atoms with van der Waals surface area (Å²) in [5.41, 5.74) is 1.82. The number of hydrogen-bond acceptors (Lipinski definition) is 6. The van der Waals surface area contributed by atoms with Crippen LogP contribution in [0, 0.1) is 10.1 Å². The first-order valence-electron chi connectivity index (χ1n) is 11.2. The van der Waals surface area contributed by atoms with Crippen molar-refractivity contribution in [1.29, 1.82) is 0 Å². The Bertz CT molecular complexity index is 1230. The second kappa shape index (κ2) is 11.4. The Morgan fingerprint density at radius 1 is 1.00 bits per heavy atom. The average Bonchev–Trinajstić information content (AvgIpc) is 3.14. The fraction of sp³-hybridized carbons (Fsp3) is 0.192. The molecule has 3 aromatic carbocycles. The van der Waals surface area contributed by atoms with Crippen LogP contribution in [0.2, 0.25) is 0 Å². The predicted octanol–water partition coefficient (Wildman–Crippen LogP) is 5.19. The standard InChI is InChI=1S/C26H24N4O4S/c31-24(28-21-15-7-8-16-22(21)30(33)34)18-23-25(32)29(17-9-12-19-10-3-1-4-11-19)26(35-23)27-20-13-5-2-6-14-20/h1-8,10-11,13-16,23H,9,12,17-18H2,(H,28,31)/t23-/m0/s1. The molecule has 1 N–H and O–H groups in total. The largest absolute Gasteiger partial charge is 0.320 e. The van der Waals surface area contributed by atoms with Crippen molar-refractivity contribution in [3.8, 4) is 0 Å². The number of carbonyl (C=O) groups is 2. The molecule has 1 aliphatic rings. The van der Waals surface area contributed by atoms with E-state index in [9.17, 15) is 19.7 Å². The molecule has 1 atom stereocenters. The van der Waals surface area contributed by atoms with Crippen molar-refractivity contribution in [3.05, 3.63) is 101 Å². The Kier molecular flexibility index (Phi) is 7.89. The third kappa shape index (κ3) is 6.33. The second-order valence-electron chi connectivity index (χ2n) is 7.94. The van der Waals surface area contributed by atoms with Gasteiger partial charge in [-0.2, -0.15) is 0 Å². The lowest BCUT2D eigenvalue weighted by atomic mass is 10.1. The minimum atomic E-state index is -0.656. The summed E-state index contributed by atoms with van der Waals surface area (Å²) in [7, 11) is 0. The highest BCUT2D eigenvalue weighted by Crippen LogP contribution is 2.32. The summed E-state index contributed by atoms with van der Waals surface area (Å²) in [6, 6.07) is 25.3. The molecule has 178 valence electrons. The zero-order chi connectivity index (χ0) is 24.6. The molecular weight excluding hydrogens is 464 g/mol. The van der Waals surface area contributed by atoms with E-state index in [0.717, 1.165) is 18.5 Å². The molecule has 1 heterocycles. The van der Waals surface area contributed by atoms with E-state index >= 15 is 0 Å². The van der Waals surface area contributed by atoms with Crippen molar-refractivity contribution in [2.24, 2.45) is 4.99 Å². The van der Waals surface area contributed by atoms with E-state index in [-0.39, 0.29) is 23.7 Å². The van der Waals surface area contributed by atoms with Crippen molar-refractivity contribution in [2.45, 2.75) is 24.5 Å². The van der Waals surface area contributed by atoms with Gasteiger partial charge >= 0.3 is 0 Å². The van der Waals surface area contributed by atoms with Crippen LogP contribution in [-0.4, -0.2) is 38.6 Å². The van der Waals surface area contributed by atoms with E-state index in [1.165, 1.54) is 35.5 Å². The maximum atomic E-state index is 13.2. The van der Waals surface area contributed by atoms with Crippen molar-refractivity contribution in [2.75, 3.05) is 11.9 Å². The summed E-state index contributed by atoms with van der Waals surface area (Å²) < 4.78 is 0. The number of para-hydroxylation sites is 3. The minimum Gasteiger partial charge on any atom is -0.320 e. The van der Waals surface area contributed by atoms with Gasteiger partial charge in [0.25, 0.3) is 5.69 Å². The quantitative estimate of drug-likeness (QED) is 0.330. The molecule has 0 spiro atoms. The smallest absolute Gasteiger partial charge is 0.292 e. The highest BCUT2D eigenvalue weighted by molar-refractivity contribution is 8.15. The van der Waals surface area contributed by atoms with Gasteiger partial charge in [-0.1, -0.05) is 72.4 Å². The molecule has 9 heteroatoms. The van der Waals surface area contributed by atoms with Gasteiger partial charge in [-0.15, -0.1) is 0 Å². The molecule has 2 amide bonds. The minimum absolute atomic E-state index is 0.107. The van der Waals surface area contributed by atoms with E-state index in [1.807, 2.05) is 48.5 Å². The zero-order valence-corrected chi connectivity index (χ0v) is 19.7. The van der Waals surface area contributed by atoms with Crippen LogP contribution in [-0.2, 0) is 16.0 Å². The third-order valence-corrected chi connectivity index (χ3v) is 6.61. The highest BCUT2D eigenvalue weighted by atomic mass is 32.2. The second-order valence-corrected chi connectivity index (χ2v) is 9.11. The third-order valence-electron chi connectivity index (χ3n) is 5.44. The van der Waals surface area contributed by atoms with E-state index in [2.05, 4.69) is 22.4 Å². The normalized spacial score (nSPS) is 16.5. The highest BCUT2D eigenvalue weighted by Gasteiger charge is 2.39. The Morgan fingerprint density at radius 2 is 1.66 bits per heavy atom. The average molecular weight is 489 g/mol. The lowest BCUT2D eigenvalue weighted by Gasteiger charge is -2.16. The van der Waals surface area contributed by atoms with E-state index < -0.39 is 16.1 Å². The molecule has 8 nitrogen and oxygen atoms in total. The van der Waals surface area contributed by atoms with E-state index in [0.29, 0.717) is 11.7 Å². The summed E-state index contributed by atoms with van der Waals surface area (Å²) >= 11 is 1.25. The molecule has 0 unspecified atom stereocenters. The van der Waals surface area contributed by atoms with Crippen LogP contribution in [0.4, 0.5) is 17.1 Å². The summed E-state index contributed by atoms with van der Waals surface area (Å²) in [5.74, 6) is -0.647. The Hall–Kier alpha value is -3.98. The van der Waals surface area contributed by atoms with Crippen LogP contribution in [0.15, 0.2) is 89.9 Å². The molecule has 1 saturated heterocycles. The summed E-state index contributed by atoms with van der Waals surface area (Å²) in [4.78, 5) is 42.9. The number of amidine groups is 1. The van der Waals surface area contributed by atoms with Gasteiger partial charge in [0, 0.05) is 19.0 Å². The molecule has 3 aromatic rings. The van der Waals surface area contributed by atoms with Gasteiger partial charge in [-0.25, -0.2) is 4.99 Å². The first-order chi connectivity index (χ1) is 17.0. The summed E-state index contributed by atoms with van der Waals surface area (Å²) in [5, 5.41) is 13.7. The van der Waals surface area contributed by atoms with Gasteiger partial charge in [0.2, 0.25) is 11.8 Å². The number of carbonyl (C=O) groups excluding carboxylic acids is 2. The maximum Gasteiger partial charge on any atom is 0.292 e. The number of nitrogens with one attached hydrogen (secondary N) is 1. The van der Waals surface area contributed by atoms with Crippen LogP contribution in [0.1, 0.15) is 18.4 Å². The van der Waals surface area contributed by atoms with Gasteiger partial charge in [-0.05, 0) is 36.6 Å². The zero-order valence-electron chi connectivity index (χ0n) is 18.9. The monoisotopic (exact) mass is 488 g/mol. The Morgan fingerprint density at radius 3 is 2.37 bits per heavy atom. The van der Waals surface area contributed by atoms with E-state index in [4.69, 9.17) is 0 Å². The van der Waals surface area contributed by atoms with Gasteiger partial charge < -0.3 is 5.32 Å². The van der Waals surface area contributed by atoms with Crippen LogP contribution in [0.25, 0.3) is 0 Å². The molecular formula is C26H24N4O4S.